The van der Waals surface area contributed by atoms with Gasteiger partial charge in [0.05, 0.1) is 0 Å². The summed E-state index contributed by atoms with van der Waals surface area (Å²) in [6.45, 7) is 3.58. The van der Waals surface area contributed by atoms with E-state index in [-0.39, 0.29) is 17.3 Å². The number of pyridine rings is 1. The number of carbonyl (C=O) groups is 1. The standard InChI is InChI=1S/C11H12F3NO/c1-3-7(2)10(16)8-4-5-9(15-6-8)11(12,13)14/h4-7H,3H2,1-2H3. The fraction of sp³-hybridized carbons (Fsp3) is 0.455. The largest absolute Gasteiger partial charge is 0.433 e. The van der Waals surface area contributed by atoms with Gasteiger partial charge in [0, 0.05) is 17.7 Å². The predicted molar refractivity (Wildman–Crippen MR) is 53.0 cm³/mol. The zero-order chi connectivity index (χ0) is 12.3. The summed E-state index contributed by atoms with van der Waals surface area (Å²) < 4.78 is 36.6. The van der Waals surface area contributed by atoms with Gasteiger partial charge in [0.2, 0.25) is 0 Å². The molecule has 0 aliphatic heterocycles. The van der Waals surface area contributed by atoms with E-state index in [1.165, 1.54) is 6.07 Å². The van der Waals surface area contributed by atoms with Gasteiger partial charge in [0.1, 0.15) is 5.69 Å². The van der Waals surface area contributed by atoms with Crippen LogP contribution in [0.2, 0.25) is 0 Å². The monoisotopic (exact) mass is 231 g/mol. The number of alkyl halides is 3. The third-order valence-electron chi connectivity index (χ3n) is 2.40. The Morgan fingerprint density at radius 3 is 2.44 bits per heavy atom. The third kappa shape index (κ3) is 2.81. The molecule has 88 valence electrons. The number of hydrogen-bond acceptors (Lipinski definition) is 2. The van der Waals surface area contributed by atoms with E-state index in [4.69, 9.17) is 0 Å². The first-order chi connectivity index (χ1) is 7.36. The Morgan fingerprint density at radius 2 is 2.06 bits per heavy atom. The molecule has 1 atom stereocenters. The molecule has 1 aromatic heterocycles. The van der Waals surface area contributed by atoms with Crippen LogP contribution in [-0.2, 0) is 6.18 Å². The third-order valence-corrected chi connectivity index (χ3v) is 2.40. The highest BCUT2D eigenvalue weighted by molar-refractivity contribution is 5.97. The second-order valence-corrected chi connectivity index (χ2v) is 3.60. The van der Waals surface area contributed by atoms with Crippen LogP contribution in [0.3, 0.4) is 0 Å². The van der Waals surface area contributed by atoms with Crippen molar-refractivity contribution in [2.75, 3.05) is 0 Å². The summed E-state index contributed by atoms with van der Waals surface area (Å²) in [5.41, 5.74) is -0.754. The van der Waals surface area contributed by atoms with Gasteiger partial charge in [-0.1, -0.05) is 13.8 Å². The van der Waals surface area contributed by atoms with Crippen LogP contribution in [0, 0.1) is 5.92 Å². The average Bonchev–Trinajstić information content (AvgIpc) is 2.26. The summed E-state index contributed by atoms with van der Waals surface area (Å²) in [5.74, 6) is -0.373. The van der Waals surface area contributed by atoms with E-state index < -0.39 is 11.9 Å². The lowest BCUT2D eigenvalue weighted by atomic mass is 9.98. The molecule has 0 saturated heterocycles. The Hall–Kier alpha value is -1.39. The first-order valence-corrected chi connectivity index (χ1v) is 4.93. The molecule has 0 fully saturated rings. The summed E-state index contributed by atoms with van der Waals surface area (Å²) in [6.07, 6.45) is -2.82. The normalized spacial score (nSPS) is 13.6. The molecule has 0 N–H and O–H groups in total. The van der Waals surface area contributed by atoms with Crippen molar-refractivity contribution in [2.45, 2.75) is 26.4 Å². The molecule has 5 heteroatoms. The lowest BCUT2D eigenvalue weighted by Gasteiger charge is -2.08. The maximum Gasteiger partial charge on any atom is 0.433 e. The van der Waals surface area contributed by atoms with E-state index in [1.807, 2.05) is 6.92 Å². The van der Waals surface area contributed by atoms with Crippen molar-refractivity contribution in [3.8, 4) is 0 Å². The molecule has 2 nitrogen and oxygen atoms in total. The lowest BCUT2D eigenvalue weighted by Crippen LogP contribution is -2.13. The van der Waals surface area contributed by atoms with Gasteiger partial charge in [-0.15, -0.1) is 0 Å². The molecule has 1 rings (SSSR count). The van der Waals surface area contributed by atoms with Crippen molar-refractivity contribution in [3.05, 3.63) is 29.6 Å². The number of halogens is 3. The van der Waals surface area contributed by atoms with Gasteiger partial charge in [-0.3, -0.25) is 9.78 Å². The van der Waals surface area contributed by atoms with Gasteiger partial charge in [0.25, 0.3) is 0 Å². The predicted octanol–water partition coefficient (Wildman–Crippen LogP) is 3.33. The van der Waals surface area contributed by atoms with Crippen LogP contribution in [0.4, 0.5) is 13.2 Å². The quantitative estimate of drug-likeness (QED) is 0.747. The lowest BCUT2D eigenvalue weighted by molar-refractivity contribution is -0.141. The fourth-order valence-electron chi connectivity index (χ4n) is 1.18. The molecule has 0 radical (unpaired) electrons. The first kappa shape index (κ1) is 12.7. The highest BCUT2D eigenvalue weighted by Gasteiger charge is 2.32. The molecule has 1 unspecified atom stereocenters. The van der Waals surface area contributed by atoms with E-state index >= 15 is 0 Å². The number of aromatic nitrogens is 1. The molecule has 16 heavy (non-hydrogen) atoms. The van der Waals surface area contributed by atoms with E-state index in [0.29, 0.717) is 6.42 Å². The molecule has 0 amide bonds. The summed E-state index contributed by atoms with van der Waals surface area (Å²) in [6, 6.07) is 2.00. The van der Waals surface area contributed by atoms with Gasteiger partial charge in [-0.2, -0.15) is 13.2 Å². The summed E-state index contributed by atoms with van der Waals surface area (Å²) in [4.78, 5) is 14.9. The molecule has 0 bridgehead atoms. The summed E-state index contributed by atoms with van der Waals surface area (Å²) >= 11 is 0. The second-order valence-electron chi connectivity index (χ2n) is 3.60. The molecule has 1 heterocycles. The van der Waals surface area contributed by atoms with Crippen molar-refractivity contribution in [1.29, 1.82) is 0 Å². The maximum atomic E-state index is 12.2. The van der Waals surface area contributed by atoms with Crippen LogP contribution in [0.5, 0.6) is 0 Å². The number of ketones is 1. The highest BCUT2D eigenvalue weighted by Crippen LogP contribution is 2.27. The number of rotatable bonds is 3. The van der Waals surface area contributed by atoms with E-state index in [0.717, 1.165) is 12.3 Å². The molecule has 1 aromatic rings. The minimum absolute atomic E-state index is 0.177. The van der Waals surface area contributed by atoms with Crippen LogP contribution < -0.4 is 0 Å². The minimum Gasteiger partial charge on any atom is -0.294 e. The van der Waals surface area contributed by atoms with Crippen LogP contribution in [0.25, 0.3) is 0 Å². The van der Waals surface area contributed by atoms with Crippen molar-refractivity contribution in [3.63, 3.8) is 0 Å². The van der Waals surface area contributed by atoms with E-state index in [9.17, 15) is 18.0 Å². The maximum absolute atomic E-state index is 12.2. The van der Waals surface area contributed by atoms with Crippen LogP contribution in [0.15, 0.2) is 18.3 Å². The van der Waals surface area contributed by atoms with Gasteiger partial charge in [-0.25, -0.2) is 0 Å². The average molecular weight is 231 g/mol. The number of Topliss-reactive ketones (excluding diaryl/α,β-unsaturated/α-hetero) is 1. The Balaban J connectivity index is 2.91. The van der Waals surface area contributed by atoms with Gasteiger partial charge < -0.3 is 0 Å². The summed E-state index contributed by atoms with van der Waals surface area (Å²) in [7, 11) is 0. The molecule has 0 saturated carbocycles. The molecular formula is C11H12F3NO. The van der Waals surface area contributed by atoms with Crippen LogP contribution in [-0.4, -0.2) is 10.8 Å². The van der Waals surface area contributed by atoms with Crippen molar-refractivity contribution in [1.82, 2.24) is 4.98 Å². The van der Waals surface area contributed by atoms with Crippen molar-refractivity contribution in [2.24, 2.45) is 5.92 Å². The Morgan fingerprint density at radius 1 is 1.44 bits per heavy atom. The SMILES string of the molecule is CCC(C)C(=O)c1ccc(C(F)(F)F)nc1. The van der Waals surface area contributed by atoms with Gasteiger partial charge >= 0.3 is 6.18 Å². The number of nitrogens with zero attached hydrogens (tertiary/aromatic N) is 1. The van der Waals surface area contributed by atoms with Crippen molar-refractivity contribution >= 4 is 5.78 Å². The van der Waals surface area contributed by atoms with E-state index in [1.54, 1.807) is 6.92 Å². The molecule has 0 spiro atoms. The molecular weight excluding hydrogens is 219 g/mol. The van der Waals surface area contributed by atoms with Crippen LogP contribution in [0.1, 0.15) is 36.3 Å². The van der Waals surface area contributed by atoms with Gasteiger partial charge in [-0.05, 0) is 18.6 Å². The Kier molecular flexibility index (Phi) is 3.67. The van der Waals surface area contributed by atoms with Gasteiger partial charge in [0.15, 0.2) is 5.78 Å². The zero-order valence-corrected chi connectivity index (χ0v) is 9.01. The molecule has 0 aliphatic rings. The second kappa shape index (κ2) is 4.63. The zero-order valence-electron chi connectivity index (χ0n) is 9.01. The fourth-order valence-corrected chi connectivity index (χ4v) is 1.18. The minimum atomic E-state index is -4.46. The van der Waals surface area contributed by atoms with Crippen LogP contribution >= 0.6 is 0 Å². The van der Waals surface area contributed by atoms with Crippen molar-refractivity contribution < 1.29 is 18.0 Å². The summed E-state index contributed by atoms with van der Waals surface area (Å²) in [5, 5.41) is 0. The van der Waals surface area contributed by atoms with E-state index in [2.05, 4.69) is 4.98 Å². The first-order valence-electron chi connectivity index (χ1n) is 4.93. The highest BCUT2D eigenvalue weighted by atomic mass is 19.4. The molecule has 0 aromatic carbocycles. The smallest absolute Gasteiger partial charge is 0.294 e. The number of carbonyl (C=O) groups excluding carboxylic acids is 1. The number of hydrogen-bond donors (Lipinski definition) is 0. The topological polar surface area (TPSA) is 30.0 Å². The Labute approximate surface area is 91.5 Å². The Bertz CT molecular complexity index is 370. The molecule has 0 aliphatic carbocycles.